The second-order valence-corrected chi connectivity index (χ2v) is 5.59. The highest BCUT2D eigenvalue weighted by Crippen LogP contribution is 2.26. The van der Waals surface area contributed by atoms with Crippen LogP contribution in [-0.2, 0) is 17.6 Å². The van der Waals surface area contributed by atoms with Gasteiger partial charge in [0.1, 0.15) is 0 Å². The maximum atomic E-state index is 5.96. The van der Waals surface area contributed by atoms with Gasteiger partial charge in [0.05, 0.1) is 12.7 Å². The summed E-state index contributed by atoms with van der Waals surface area (Å²) in [7, 11) is 0. The van der Waals surface area contributed by atoms with Crippen molar-refractivity contribution in [3.63, 3.8) is 0 Å². The number of benzene rings is 1. The van der Waals surface area contributed by atoms with E-state index in [1.165, 1.54) is 24.0 Å². The van der Waals surface area contributed by atoms with Gasteiger partial charge in [-0.2, -0.15) is 0 Å². The van der Waals surface area contributed by atoms with Crippen LogP contribution in [0.2, 0.25) is 0 Å². The molecule has 2 atom stereocenters. The van der Waals surface area contributed by atoms with E-state index in [-0.39, 0.29) is 12.1 Å². The average molecular weight is 246 g/mol. The first-order chi connectivity index (χ1) is 8.74. The lowest BCUT2D eigenvalue weighted by atomic mass is 10.1. The van der Waals surface area contributed by atoms with Crippen molar-refractivity contribution in [3.05, 3.63) is 35.4 Å². The zero-order chi connectivity index (χ0) is 12.5. The van der Waals surface area contributed by atoms with Gasteiger partial charge in [0.2, 0.25) is 0 Å². The Balaban J connectivity index is 1.67. The quantitative estimate of drug-likeness (QED) is 0.852. The zero-order valence-corrected chi connectivity index (χ0v) is 11.0. The molecule has 1 aromatic carbocycles. The van der Waals surface area contributed by atoms with E-state index in [1.54, 1.807) is 0 Å². The number of hydrogen-bond donors (Lipinski definition) is 1. The third-order valence-electron chi connectivity index (χ3n) is 4.26. The Morgan fingerprint density at radius 2 is 1.94 bits per heavy atom. The molecular formula is C15H22N2O. The molecular weight excluding hydrogens is 224 g/mol. The minimum atomic E-state index is 0.122. The molecule has 0 aromatic heterocycles. The van der Waals surface area contributed by atoms with Crippen molar-refractivity contribution in [1.82, 2.24) is 4.90 Å². The van der Waals surface area contributed by atoms with Crippen LogP contribution in [0, 0.1) is 0 Å². The van der Waals surface area contributed by atoms with Crippen LogP contribution in [0.4, 0.5) is 0 Å². The maximum Gasteiger partial charge on any atom is 0.0850 e. The summed E-state index contributed by atoms with van der Waals surface area (Å²) in [5.74, 6) is 0. The molecule has 2 aliphatic rings. The first kappa shape index (κ1) is 12.2. The molecule has 1 heterocycles. The molecule has 0 bridgehead atoms. The number of morpholine rings is 1. The first-order valence-electron chi connectivity index (χ1n) is 6.92. The molecule has 3 rings (SSSR count). The Morgan fingerprint density at radius 1 is 1.28 bits per heavy atom. The van der Waals surface area contributed by atoms with E-state index in [1.807, 2.05) is 6.92 Å². The SMILES string of the molecule is CC(N)C1CN(C2Cc3ccccc3C2)CCO1. The molecule has 1 aliphatic heterocycles. The summed E-state index contributed by atoms with van der Waals surface area (Å²) in [6, 6.07) is 9.58. The molecule has 3 heteroatoms. The molecule has 0 spiro atoms. The Hall–Kier alpha value is -0.900. The Labute approximate surface area is 109 Å². The number of hydrogen-bond acceptors (Lipinski definition) is 3. The molecule has 2 N–H and O–H groups in total. The fraction of sp³-hybridized carbons (Fsp3) is 0.600. The Kier molecular flexibility index (Phi) is 3.37. The predicted molar refractivity (Wildman–Crippen MR) is 72.6 cm³/mol. The molecule has 1 aromatic rings. The van der Waals surface area contributed by atoms with Crippen molar-refractivity contribution in [2.45, 2.75) is 38.0 Å². The van der Waals surface area contributed by atoms with Crippen LogP contribution in [0.5, 0.6) is 0 Å². The number of fused-ring (bicyclic) bond motifs is 1. The third kappa shape index (κ3) is 2.30. The van der Waals surface area contributed by atoms with E-state index in [2.05, 4.69) is 29.2 Å². The van der Waals surface area contributed by atoms with Crippen LogP contribution in [0.25, 0.3) is 0 Å². The molecule has 18 heavy (non-hydrogen) atoms. The zero-order valence-electron chi connectivity index (χ0n) is 11.0. The summed E-state index contributed by atoms with van der Waals surface area (Å²) < 4.78 is 5.74. The van der Waals surface area contributed by atoms with E-state index >= 15 is 0 Å². The van der Waals surface area contributed by atoms with Gasteiger partial charge in [-0.05, 0) is 30.9 Å². The summed E-state index contributed by atoms with van der Waals surface area (Å²) in [4.78, 5) is 2.57. The third-order valence-corrected chi connectivity index (χ3v) is 4.26. The number of rotatable bonds is 2. The smallest absolute Gasteiger partial charge is 0.0850 e. The van der Waals surface area contributed by atoms with Crippen LogP contribution in [0.15, 0.2) is 24.3 Å². The van der Waals surface area contributed by atoms with Gasteiger partial charge >= 0.3 is 0 Å². The van der Waals surface area contributed by atoms with Gasteiger partial charge in [-0.15, -0.1) is 0 Å². The van der Waals surface area contributed by atoms with E-state index in [4.69, 9.17) is 10.5 Å². The monoisotopic (exact) mass is 246 g/mol. The second-order valence-electron chi connectivity index (χ2n) is 5.59. The fourth-order valence-electron chi connectivity index (χ4n) is 3.14. The molecule has 98 valence electrons. The van der Waals surface area contributed by atoms with Crippen molar-refractivity contribution < 1.29 is 4.74 Å². The molecule has 0 radical (unpaired) electrons. The van der Waals surface area contributed by atoms with E-state index in [9.17, 15) is 0 Å². The topological polar surface area (TPSA) is 38.5 Å². The summed E-state index contributed by atoms with van der Waals surface area (Å²) in [6.45, 7) is 4.88. The van der Waals surface area contributed by atoms with Crippen molar-refractivity contribution in [3.8, 4) is 0 Å². The van der Waals surface area contributed by atoms with Crippen molar-refractivity contribution in [2.24, 2.45) is 5.73 Å². The van der Waals surface area contributed by atoms with Gasteiger partial charge in [-0.1, -0.05) is 24.3 Å². The fourth-order valence-corrected chi connectivity index (χ4v) is 3.14. The molecule has 3 nitrogen and oxygen atoms in total. The van der Waals surface area contributed by atoms with Crippen molar-refractivity contribution >= 4 is 0 Å². The first-order valence-corrected chi connectivity index (χ1v) is 6.92. The molecule has 0 amide bonds. The molecule has 0 saturated carbocycles. The highest BCUT2D eigenvalue weighted by molar-refractivity contribution is 5.33. The van der Waals surface area contributed by atoms with Crippen LogP contribution in [-0.4, -0.2) is 42.8 Å². The average Bonchev–Trinajstić information content (AvgIpc) is 2.82. The summed E-state index contributed by atoms with van der Waals surface area (Å²) >= 11 is 0. The van der Waals surface area contributed by atoms with E-state index in [0.717, 1.165) is 19.7 Å². The lowest BCUT2D eigenvalue weighted by Gasteiger charge is -2.38. The standard InChI is InChI=1S/C15H22N2O/c1-11(16)15-10-17(6-7-18-15)14-8-12-4-2-3-5-13(12)9-14/h2-5,11,14-15H,6-10,16H2,1H3. The normalized spacial score (nSPS) is 27.1. The molecule has 2 unspecified atom stereocenters. The minimum absolute atomic E-state index is 0.122. The van der Waals surface area contributed by atoms with Gasteiger partial charge in [0.15, 0.2) is 0 Å². The van der Waals surface area contributed by atoms with Gasteiger partial charge in [-0.3, -0.25) is 4.90 Å². The summed E-state index contributed by atoms with van der Waals surface area (Å²) in [5, 5.41) is 0. The predicted octanol–water partition coefficient (Wildman–Crippen LogP) is 1.20. The summed E-state index contributed by atoms with van der Waals surface area (Å²) in [6.07, 6.45) is 2.56. The second kappa shape index (κ2) is 5.00. The largest absolute Gasteiger partial charge is 0.374 e. The van der Waals surface area contributed by atoms with Gasteiger partial charge in [-0.25, -0.2) is 0 Å². The molecule has 1 saturated heterocycles. The van der Waals surface area contributed by atoms with Crippen LogP contribution >= 0.6 is 0 Å². The summed E-state index contributed by atoms with van der Waals surface area (Å²) in [5.41, 5.74) is 9.00. The van der Waals surface area contributed by atoms with Gasteiger partial charge < -0.3 is 10.5 Å². The van der Waals surface area contributed by atoms with Crippen LogP contribution < -0.4 is 5.73 Å². The van der Waals surface area contributed by atoms with E-state index in [0.29, 0.717) is 6.04 Å². The van der Waals surface area contributed by atoms with Crippen LogP contribution in [0.3, 0.4) is 0 Å². The maximum absolute atomic E-state index is 5.96. The van der Waals surface area contributed by atoms with Crippen molar-refractivity contribution in [1.29, 1.82) is 0 Å². The lowest BCUT2D eigenvalue weighted by molar-refractivity contribution is -0.0502. The number of nitrogens with two attached hydrogens (primary N) is 1. The van der Waals surface area contributed by atoms with Gasteiger partial charge in [0, 0.05) is 25.2 Å². The lowest BCUT2D eigenvalue weighted by Crippen LogP contribution is -2.53. The Morgan fingerprint density at radius 3 is 2.56 bits per heavy atom. The highest BCUT2D eigenvalue weighted by atomic mass is 16.5. The minimum Gasteiger partial charge on any atom is -0.374 e. The van der Waals surface area contributed by atoms with Crippen molar-refractivity contribution in [2.75, 3.05) is 19.7 Å². The van der Waals surface area contributed by atoms with Gasteiger partial charge in [0.25, 0.3) is 0 Å². The number of ether oxygens (including phenoxy) is 1. The molecule has 1 aliphatic carbocycles. The van der Waals surface area contributed by atoms with E-state index < -0.39 is 0 Å². The highest BCUT2D eigenvalue weighted by Gasteiger charge is 2.31. The van der Waals surface area contributed by atoms with Crippen LogP contribution in [0.1, 0.15) is 18.1 Å². The Bertz CT molecular complexity index is 394. The number of nitrogens with zero attached hydrogens (tertiary/aromatic N) is 1. The molecule has 1 fully saturated rings.